The maximum Gasteiger partial charge on any atom is 0.0378 e. The zero-order valence-corrected chi connectivity index (χ0v) is 12.4. The van der Waals surface area contributed by atoms with Crippen LogP contribution in [0.15, 0.2) is 18.5 Å². The first kappa shape index (κ1) is 14.3. The largest absolute Gasteiger partial charge is 0.398 e. The summed E-state index contributed by atoms with van der Waals surface area (Å²) < 4.78 is 0. The molecule has 2 rings (SSSR count). The third-order valence-electron chi connectivity index (χ3n) is 4.70. The normalized spacial score (nSPS) is 21.2. The van der Waals surface area contributed by atoms with Crippen LogP contribution in [0.3, 0.4) is 0 Å². The van der Waals surface area contributed by atoms with E-state index in [2.05, 4.69) is 31.2 Å². The SMILES string of the molecule is CNC(Cc1cnccc1N)C1CCC(C)(C)CC1. The molecule has 3 nitrogen and oxygen atoms in total. The molecule has 1 heterocycles. The highest BCUT2D eigenvalue weighted by atomic mass is 14.9. The first-order chi connectivity index (χ1) is 9.02. The molecule has 0 aromatic carbocycles. The second kappa shape index (κ2) is 5.91. The minimum atomic E-state index is 0.516. The number of hydrogen-bond donors (Lipinski definition) is 2. The van der Waals surface area contributed by atoms with Crippen LogP contribution in [-0.4, -0.2) is 18.1 Å². The Balaban J connectivity index is 1.99. The first-order valence-electron chi connectivity index (χ1n) is 7.37. The first-order valence-corrected chi connectivity index (χ1v) is 7.37. The molecule has 1 unspecified atom stereocenters. The molecule has 3 heteroatoms. The van der Waals surface area contributed by atoms with Gasteiger partial charge in [0.15, 0.2) is 0 Å². The average molecular weight is 261 g/mol. The van der Waals surface area contributed by atoms with Gasteiger partial charge in [0.1, 0.15) is 0 Å². The van der Waals surface area contributed by atoms with Gasteiger partial charge in [0.2, 0.25) is 0 Å². The fourth-order valence-corrected chi connectivity index (χ4v) is 3.17. The summed E-state index contributed by atoms with van der Waals surface area (Å²) >= 11 is 0. The third-order valence-corrected chi connectivity index (χ3v) is 4.70. The summed E-state index contributed by atoms with van der Waals surface area (Å²) in [6.07, 6.45) is 9.96. The van der Waals surface area contributed by atoms with Gasteiger partial charge < -0.3 is 11.1 Å². The van der Waals surface area contributed by atoms with E-state index in [9.17, 15) is 0 Å². The molecule has 1 aliphatic rings. The molecule has 0 radical (unpaired) electrons. The van der Waals surface area contributed by atoms with Crippen molar-refractivity contribution in [1.29, 1.82) is 0 Å². The molecule has 1 atom stereocenters. The lowest BCUT2D eigenvalue weighted by molar-refractivity contribution is 0.163. The van der Waals surface area contributed by atoms with Crippen LogP contribution in [0.2, 0.25) is 0 Å². The minimum absolute atomic E-state index is 0.516. The van der Waals surface area contributed by atoms with E-state index < -0.39 is 0 Å². The van der Waals surface area contributed by atoms with Crippen LogP contribution < -0.4 is 11.1 Å². The summed E-state index contributed by atoms with van der Waals surface area (Å²) in [6, 6.07) is 2.41. The smallest absolute Gasteiger partial charge is 0.0378 e. The Morgan fingerprint density at radius 2 is 2.11 bits per heavy atom. The fourth-order valence-electron chi connectivity index (χ4n) is 3.17. The van der Waals surface area contributed by atoms with E-state index in [1.165, 1.54) is 31.2 Å². The molecular weight excluding hydrogens is 234 g/mol. The summed E-state index contributed by atoms with van der Waals surface area (Å²) in [5.41, 5.74) is 8.60. The quantitative estimate of drug-likeness (QED) is 0.876. The second-order valence-corrected chi connectivity index (χ2v) is 6.68. The number of pyridine rings is 1. The molecule has 0 saturated heterocycles. The maximum absolute atomic E-state index is 6.03. The summed E-state index contributed by atoms with van der Waals surface area (Å²) in [6.45, 7) is 4.77. The lowest BCUT2D eigenvalue weighted by Crippen LogP contribution is -2.39. The second-order valence-electron chi connectivity index (χ2n) is 6.68. The minimum Gasteiger partial charge on any atom is -0.398 e. The van der Waals surface area contributed by atoms with E-state index in [4.69, 9.17) is 5.73 Å². The molecule has 1 saturated carbocycles. The van der Waals surface area contributed by atoms with E-state index in [-0.39, 0.29) is 0 Å². The molecule has 1 aromatic rings. The van der Waals surface area contributed by atoms with Gasteiger partial charge in [-0.25, -0.2) is 0 Å². The number of nitrogens with zero attached hydrogens (tertiary/aromatic N) is 1. The van der Waals surface area contributed by atoms with Gasteiger partial charge in [0, 0.05) is 24.1 Å². The van der Waals surface area contributed by atoms with Crippen LogP contribution >= 0.6 is 0 Å². The molecule has 1 aromatic heterocycles. The van der Waals surface area contributed by atoms with Gasteiger partial charge >= 0.3 is 0 Å². The molecule has 1 fully saturated rings. The van der Waals surface area contributed by atoms with Crippen molar-refractivity contribution in [2.24, 2.45) is 11.3 Å². The van der Waals surface area contributed by atoms with Crippen LogP contribution in [0.25, 0.3) is 0 Å². The van der Waals surface area contributed by atoms with Gasteiger partial charge in [0.05, 0.1) is 0 Å². The highest BCUT2D eigenvalue weighted by Gasteiger charge is 2.30. The van der Waals surface area contributed by atoms with E-state index in [0.29, 0.717) is 11.5 Å². The average Bonchev–Trinajstić information content (AvgIpc) is 2.38. The van der Waals surface area contributed by atoms with Crippen molar-refractivity contribution < 1.29 is 0 Å². The molecule has 19 heavy (non-hydrogen) atoms. The number of nitrogens with two attached hydrogens (primary N) is 1. The molecule has 106 valence electrons. The summed E-state index contributed by atoms with van der Waals surface area (Å²) in [5, 5.41) is 3.49. The summed E-state index contributed by atoms with van der Waals surface area (Å²) in [4.78, 5) is 4.19. The van der Waals surface area contributed by atoms with Crippen LogP contribution in [0.1, 0.15) is 45.1 Å². The van der Waals surface area contributed by atoms with E-state index >= 15 is 0 Å². The number of rotatable bonds is 4. The Labute approximate surface area is 117 Å². The van der Waals surface area contributed by atoms with Crippen LogP contribution in [0.4, 0.5) is 5.69 Å². The number of likely N-dealkylation sites (N-methyl/N-ethyl adjacent to an activating group) is 1. The monoisotopic (exact) mass is 261 g/mol. The van der Waals surface area contributed by atoms with Crippen molar-refractivity contribution in [2.75, 3.05) is 12.8 Å². The Bertz CT molecular complexity index is 404. The van der Waals surface area contributed by atoms with Gasteiger partial charge in [-0.05, 0) is 62.1 Å². The molecule has 1 aliphatic carbocycles. The predicted octanol–water partition coefficient (Wildman–Crippen LogP) is 3.01. The lowest BCUT2D eigenvalue weighted by atomic mass is 9.70. The van der Waals surface area contributed by atoms with Crippen molar-refractivity contribution in [3.05, 3.63) is 24.0 Å². The fraction of sp³-hybridized carbons (Fsp3) is 0.688. The van der Waals surface area contributed by atoms with Crippen LogP contribution in [0.5, 0.6) is 0 Å². The van der Waals surface area contributed by atoms with Gasteiger partial charge in [-0.15, -0.1) is 0 Å². The van der Waals surface area contributed by atoms with Gasteiger partial charge in [-0.3, -0.25) is 4.98 Å². The Kier molecular flexibility index (Phi) is 4.46. The molecular formula is C16H27N3. The number of nitrogens with one attached hydrogen (secondary N) is 1. The summed E-state index contributed by atoms with van der Waals surface area (Å²) in [7, 11) is 2.07. The zero-order chi connectivity index (χ0) is 13.9. The zero-order valence-electron chi connectivity index (χ0n) is 12.4. The van der Waals surface area contributed by atoms with Gasteiger partial charge in [-0.2, -0.15) is 0 Å². The Morgan fingerprint density at radius 1 is 1.42 bits per heavy atom. The van der Waals surface area contributed by atoms with E-state index in [1.54, 1.807) is 6.20 Å². The lowest BCUT2D eigenvalue weighted by Gasteiger charge is -2.38. The molecule has 0 spiro atoms. The third kappa shape index (κ3) is 3.69. The maximum atomic E-state index is 6.03. The number of aromatic nitrogens is 1. The highest BCUT2D eigenvalue weighted by molar-refractivity contribution is 5.44. The van der Waals surface area contributed by atoms with Crippen molar-refractivity contribution >= 4 is 5.69 Å². The van der Waals surface area contributed by atoms with Crippen LogP contribution in [-0.2, 0) is 6.42 Å². The topological polar surface area (TPSA) is 50.9 Å². The highest BCUT2D eigenvalue weighted by Crippen LogP contribution is 2.39. The van der Waals surface area contributed by atoms with Gasteiger partial charge in [0.25, 0.3) is 0 Å². The Morgan fingerprint density at radius 3 is 2.68 bits per heavy atom. The standard InChI is InChI=1S/C16H27N3/c1-16(2)7-4-12(5-8-16)15(18-3)10-13-11-19-9-6-14(13)17/h6,9,11-12,15,18H,4-5,7-8,10H2,1-3H3,(H2,17,19). The Hall–Kier alpha value is -1.09. The predicted molar refractivity (Wildman–Crippen MR) is 80.9 cm³/mol. The molecule has 0 bridgehead atoms. The van der Waals surface area contributed by atoms with Crippen LogP contribution in [0, 0.1) is 11.3 Å². The van der Waals surface area contributed by atoms with Crippen molar-refractivity contribution in [3.8, 4) is 0 Å². The van der Waals surface area contributed by atoms with E-state index in [1.807, 2.05) is 12.3 Å². The van der Waals surface area contributed by atoms with Gasteiger partial charge in [-0.1, -0.05) is 13.8 Å². The molecule has 0 amide bonds. The van der Waals surface area contributed by atoms with Crippen molar-refractivity contribution in [2.45, 2.75) is 52.0 Å². The van der Waals surface area contributed by atoms with Crippen molar-refractivity contribution in [1.82, 2.24) is 10.3 Å². The summed E-state index contributed by atoms with van der Waals surface area (Å²) in [5.74, 6) is 0.762. The number of nitrogen functional groups attached to an aromatic ring is 1. The molecule has 0 aliphatic heterocycles. The number of anilines is 1. The molecule has 3 N–H and O–H groups in total. The van der Waals surface area contributed by atoms with E-state index in [0.717, 1.165) is 18.0 Å². The number of hydrogen-bond acceptors (Lipinski definition) is 3. The van der Waals surface area contributed by atoms with Crippen molar-refractivity contribution in [3.63, 3.8) is 0 Å².